The van der Waals surface area contributed by atoms with Gasteiger partial charge in [0.05, 0.1) is 10.9 Å². The van der Waals surface area contributed by atoms with Crippen molar-refractivity contribution in [1.29, 1.82) is 0 Å². The van der Waals surface area contributed by atoms with Crippen molar-refractivity contribution < 1.29 is 13.2 Å². The Morgan fingerprint density at radius 2 is 1.42 bits per heavy atom. The number of hydrogen-bond acceptors (Lipinski definition) is 4. The molecule has 0 bridgehead atoms. The summed E-state index contributed by atoms with van der Waals surface area (Å²) in [5, 5.41) is 3.17. The van der Waals surface area contributed by atoms with E-state index in [9.17, 15) is 13.2 Å². The summed E-state index contributed by atoms with van der Waals surface area (Å²) in [7, 11) is -3.53. The van der Waals surface area contributed by atoms with Gasteiger partial charge in [-0.05, 0) is 48.2 Å². The molecule has 2 aromatic carbocycles. The molecule has 4 rings (SSSR count). The molecule has 1 unspecified atom stereocenters. The van der Waals surface area contributed by atoms with Gasteiger partial charge in [0, 0.05) is 31.4 Å². The van der Waals surface area contributed by atoms with Gasteiger partial charge in [0.25, 0.3) is 0 Å². The van der Waals surface area contributed by atoms with E-state index in [4.69, 9.17) is 0 Å². The van der Waals surface area contributed by atoms with Crippen LogP contribution in [-0.2, 0) is 14.8 Å². The van der Waals surface area contributed by atoms with Crippen LogP contribution in [0.1, 0.15) is 30.0 Å². The standard InChI is InChI=1S/C24H25N3O3S/c28-24(26-23(19-7-3-1-4-8-19)20-11-15-25-16-12-20)21-13-17-27(18-14-21)31(29,30)22-9-5-2-6-10-22/h1-12,15-16,21,23H,13-14,17-18H2,(H,26,28). The number of pyridine rings is 1. The molecule has 160 valence electrons. The number of carbonyl (C=O) groups excluding carboxylic acids is 1. The maximum Gasteiger partial charge on any atom is 0.243 e. The molecule has 0 saturated carbocycles. The van der Waals surface area contributed by atoms with Crippen molar-refractivity contribution in [2.24, 2.45) is 5.92 Å². The molecular weight excluding hydrogens is 410 g/mol. The van der Waals surface area contributed by atoms with Gasteiger partial charge in [0.1, 0.15) is 0 Å². The summed E-state index contributed by atoms with van der Waals surface area (Å²) < 4.78 is 27.1. The van der Waals surface area contributed by atoms with Crippen molar-refractivity contribution >= 4 is 15.9 Å². The Bertz CT molecular complexity index is 1060. The highest BCUT2D eigenvalue weighted by Crippen LogP contribution is 2.26. The molecule has 0 spiro atoms. The summed E-state index contributed by atoms with van der Waals surface area (Å²) in [6.45, 7) is 0.668. The highest BCUT2D eigenvalue weighted by atomic mass is 32.2. The smallest absolute Gasteiger partial charge is 0.243 e. The number of hydrogen-bond donors (Lipinski definition) is 1. The molecule has 6 nitrogen and oxygen atoms in total. The zero-order chi connectivity index (χ0) is 21.7. The third kappa shape index (κ3) is 4.84. The molecular formula is C24H25N3O3S. The molecule has 2 heterocycles. The molecule has 31 heavy (non-hydrogen) atoms. The Morgan fingerprint density at radius 3 is 2.03 bits per heavy atom. The van der Waals surface area contributed by atoms with E-state index in [0.717, 1.165) is 11.1 Å². The third-order valence-corrected chi connectivity index (χ3v) is 7.58. The first-order chi connectivity index (χ1) is 15.1. The first-order valence-electron chi connectivity index (χ1n) is 10.4. The second-order valence-corrected chi connectivity index (χ2v) is 9.56. The van der Waals surface area contributed by atoms with E-state index < -0.39 is 10.0 Å². The molecule has 1 N–H and O–H groups in total. The van der Waals surface area contributed by atoms with Crippen LogP contribution in [0.5, 0.6) is 0 Å². The van der Waals surface area contributed by atoms with E-state index >= 15 is 0 Å². The Balaban J connectivity index is 1.44. The monoisotopic (exact) mass is 435 g/mol. The summed E-state index contributed by atoms with van der Waals surface area (Å²) in [4.78, 5) is 17.4. The predicted octanol–water partition coefficient (Wildman–Crippen LogP) is 3.39. The van der Waals surface area contributed by atoms with Crippen LogP contribution in [0.3, 0.4) is 0 Å². The summed E-state index contributed by atoms with van der Waals surface area (Å²) in [6.07, 6.45) is 4.42. The highest BCUT2D eigenvalue weighted by Gasteiger charge is 2.33. The van der Waals surface area contributed by atoms with Crippen molar-refractivity contribution in [1.82, 2.24) is 14.6 Å². The lowest BCUT2D eigenvalue weighted by molar-refractivity contribution is -0.126. The molecule has 1 aliphatic rings. The Morgan fingerprint density at radius 1 is 0.871 bits per heavy atom. The van der Waals surface area contributed by atoms with Gasteiger partial charge in [-0.3, -0.25) is 9.78 Å². The van der Waals surface area contributed by atoms with Gasteiger partial charge in [0.2, 0.25) is 15.9 Å². The number of sulfonamides is 1. The Labute approximate surface area is 183 Å². The topological polar surface area (TPSA) is 79.4 Å². The summed E-state index contributed by atoms with van der Waals surface area (Å²) in [5.74, 6) is -0.280. The maximum absolute atomic E-state index is 13.1. The number of nitrogens with one attached hydrogen (secondary N) is 1. The predicted molar refractivity (Wildman–Crippen MR) is 119 cm³/mol. The van der Waals surface area contributed by atoms with E-state index in [0.29, 0.717) is 30.8 Å². The molecule has 1 atom stereocenters. The summed E-state index contributed by atoms with van der Waals surface area (Å²) >= 11 is 0. The van der Waals surface area contributed by atoms with Gasteiger partial charge >= 0.3 is 0 Å². The lowest BCUT2D eigenvalue weighted by Crippen LogP contribution is -2.43. The molecule has 1 amide bonds. The van der Waals surface area contributed by atoms with Crippen LogP contribution in [0.25, 0.3) is 0 Å². The molecule has 0 aliphatic carbocycles. The number of amides is 1. The normalized spacial score (nSPS) is 16.5. The minimum atomic E-state index is -3.53. The highest BCUT2D eigenvalue weighted by molar-refractivity contribution is 7.89. The van der Waals surface area contributed by atoms with Gasteiger partial charge in [-0.15, -0.1) is 0 Å². The zero-order valence-corrected chi connectivity index (χ0v) is 17.9. The number of piperidine rings is 1. The summed E-state index contributed by atoms with van der Waals surface area (Å²) in [5.41, 5.74) is 1.95. The Hall–Kier alpha value is -3.03. The fraction of sp³-hybridized carbons (Fsp3) is 0.250. The average molecular weight is 436 g/mol. The van der Waals surface area contributed by atoms with E-state index in [-0.39, 0.29) is 17.9 Å². The van der Waals surface area contributed by atoms with Crippen molar-refractivity contribution in [3.05, 3.63) is 96.3 Å². The van der Waals surface area contributed by atoms with E-state index in [1.54, 1.807) is 42.7 Å². The minimum absolute atomic E-state index is 0.0533. The molecule has 1 fully saturated rings. The number of carbonyl (C=O) groups is 1. The number of benzene rings is 2. The van der Waals surface area contributed by atoms with Gasteiger partial charge in [-0.1, -0.05) is 48.5 Å². The fourth-order valence-corrected chi connectivity index (χ4v) is 5.41. The first-order valence-corrected chi connectivity index (χ1v) is 11.8. The van der Waals surface area contributed by atoms with Crippen molar-refractivity contribution in [3.8, 4) is 0 Å². The SMILES string of the molecule is O=C(NC(c1ccccc1)c1ccncc1)C1CCN(S(=O)(=O)c2ccccc2)CC1. The molecule has 1 saturated heterocycles. The number of aromatic nitrogens is 1. The van der Waals surface area contributed by atoms with Crippen LogP contribution >= 0.6 is 0 Å². The maximum atomic E-state index is 13.1. The van der Waals surface area contributed by atoms with Crippen molar-refractivity contribution in [2.75, 3.05) is 13.1 Å². The van der Waals surface area contributed by atoms with Gasteiger partial charge in [-0.2, -0.15) is 4.31 Å². The van der Waals surface area contributed by atoms with Crippen LogP contribution in [0, 0.1) is 5.92 Å². The van der Waals surface area contributed by atoms with Crippen LogP contribution in [0.4, 0.5) is 0 Å². The van der Waals surface area contributed by atoms with E-state index in [1.807, 2.05) is 42.5 Å². The lowest BCUT2D eigenvalue weighted by atomic mass is 9.94. The summed E-state index contributed by atoms with van der Waals surface area (Å²) in [6, 6.07) is 21.8. The largest absolute Gasteiger partial charge is 0.345 e. The van der Waals surface area contributed by atoms with E-state index in [2.05, 4.69) is 10.3 Å². The van der Waals surface area contributed by atoms with Gasteiger partial charge < -0.3 is 5.32 Å². The molecule has 0 radical (unpaired) electrons. The number of rotatable bonds is 6. The van der Waals surface area contributed by atoms with Crippen molar-refractivity contribution in [2.45, 2.75) is 23.8 Å². The lowest BCUT2D eigenvalue weighted by Gasteiger charge is -2.31. The molecule has 1 aromatic heterocycles. The zero-order valence-electron chi connectivity index (χ0n) is 17.1. The van der Waals surface area contributed by atoms with Gasteiger partial charge in [-0.25, -0.2) is 8.42 Å². The molecule has 7 heteroatoms. The second-order valence-electron chi connectivity index (χ2n) is 7.62. The Kier molecular flexibility index (Phi) is 6.44. The van der Waals surface area contributed by atoms with Crippen LogP contribution < -0.4 is 5.32 Å². The van der Waals surface area contributed by atoms with E-state index in [1.165, 1.54) is 4.31 Å². The first kappa shape index (κ1) is 21.2. The van der Waals surface area contributed by atoms with Crippen LogP contribution in [-0.4, -0.2) is 36.7 Å². The molecule has 1 aliphatic heterocycles. The minimum Gasteiger partial charge on any atom is -0.345 e. The quantitative estimate of drug-likeness (QED) is 0.644. The van der Waals surface area contributed by atoms with Crippen molar-refractivity contribution in [3.63, 3.8) is 0 Å². The average Bonchev–Trinajstić information content (AvgIpc) is 2.84. The van der Waals surface area contributed by atoms with Gasteiger partial charge in [0.15, 0.2) is 0 Å². The molecule has 3 aromatic rings. The van der Waals surface area contributed by atoms with Crippen LogP contribution in [0.15, 0.2) is 90.1 Å². The third-order valence-electron chi connectivity index (χ3n) is 5.66. The second kappa shape index (κ2) is 9.41. The van der Waals surface area contributed by atoms with Crippen LogP contribution in [0.2, 0.25) is 0 Å². The number of nitrogens with zero attached hydrogens (tertiary/aromatic N) is 2. The fourth-order valence-electron chi connectivity index (χ4n) is 3.92.